The Bertz CT molecular complexity index is 722. The van der Waals surface area contributed by atoms with E-state index in [1.165, 1.54) is 11.2 Å². The third-order valence-electron chi connectivity index (χ3n) is 3.42. The average molecular weight is 327 g/mol. The monoisotopic (exact) mass is 327 g/mol. The summed E-state index contributed by atoms with van der Waals surface area (Å²) < 4.78 is 1.58. The van der Waals surface area contributed by atoms with Crippen molar-refractivity contribution in [2.75, 3.05) is 6.54 Å². The summed E-state index contributed by atoms with van der Waals surface area (Å²) in [6.45, 7) is 0.708. The Morgan fingerprint density at radius 1 is 1.22 bits per heavy atom. The lowest BCUT2D eigenvalue weighted by atomic mass is 10.1. The average Bonchev–Trinajstić information content (AvgIpc) is 3.26. The van der Waals surface area contributed by atoms with Crippen molar-refractivity contribution in [2.24, 2.45) is 0 Å². The first kappa shape index (κ1) is 15.4. The molecule has 3 rings (SSSR count). The van der Waals surface area contributed by atoms with Crippen LogP contribution in [0.1, 0.15) is 16.9 Å². The Labute approximate surface area is 138 Å². The van der Waals surface area contributed by atoms with Crippen LogP contribution in [0.5, 0.6) is 0 Å². The minimum atomic E-state index is 0.0475. The summed E-state index contributed by atoms with van der Waals surface area (Å²) in [6.07, 6.45) is 3.90. The molecule has 2 aromatic heterocycles. The van der Waals surface area contributed by atoms with Gasteiger partial charge in [-0.1, -0.05) is 18.2 Å². The van der Waals surface area contributed by atoms with Crippen molar-refractivity contribution in [3.63, 3.8) is 0 Å². The summed E-state index contributed by atoms with van der Waals surface area (Å²) in [5.74, 6) is 0.0475. The van der Waals surface area contributed by atoms with Gasteiger partial charge >= 0.3 is 0 Å². The van der Waals surface area contributed by atoms with E-state index < -0.39 is 0 Å². The number of nitrogens with zero attached hydrogens (tertiary/aromatic N) is 4. The van der Waals surface area contributed by atoms with Gasteiger partial charge in [0.2, 0.25) is 5.91 Å². The topological polar surface area (TPSA) is 72.7 Å². The van der Waals surface area contributed by atoms with Gasteiger partial charge in [0.15, 0.2) is 0 Å². The van der Waals surface area contributed by atoms with E-state index in [4.69, 9.17) is 0 Å². The minimum Gasteiger partial charge on any atom is -0.356 e. The van der Waals surface area contributed by atoms with Crippen LogP contribution in [0.2, 0.25) is 0 Å². The summed E-state index contributed by atoms with van der Waals surface area (Å²) >= 11 is 1.76. The molecule has 0 spiro atoms. The molecule has 1 aromatic carbocycles. The molecule has 0 fully saturated rings. The predicted molar refractivity (Wildman–Crippen MR) is 88.5 cm³/mol. The van der Waals surface area contributed by atoms with Gasteiger partial charge in [-0.2, -0.15) is 0 Å². The second kappa shape index (κ2) is 7.64. The van der Waals surface area contributed by atoms with Crippen molar-refractivity contribution in [3.8, 4) is 5.69 Å². The molecule has 6 nitrogen and oxygen atoms in total. The van der Waals surface area contributed by atoms with Crippen LogP contribution in [-0.4, -0.2) is 32.7 Å². The van der Waals surface area contributed by atoms with Crippen LogP contribution < -0.4 is 5.32 Å². The first-order valence-corrected chi connectivity index (χ1v) is 8.30. The molecular formula is C16H17N5OS. The molecule has 2 heterocycles. The summed E-state index contributed by atoms with van der Waals surface area (Å²) in [4.78, 5) is 13.3. The maximum absolute atomic E-state index is 11.9. The van der Waals surface area contributed by atoms with Crippen molar-refractivity contribution < 1.29 is 4.79 Å². The number of tetrazole rings is 1. The molecule has 0 saturated carbocycles. The van der Waals surface area contributed by atoms with Crippen LogP contribution in [0.4, 0.5) is 0 Å². The number of aromatic nitrogens is 4. The smallest absolute Gasteiger partial charge is 0.224 e. The van der Waals surface area contributed by atoms with E-state index in [-0.39, 0.29) is 5.91 Å². The summed E-state index contributed by atoms with van der Waals surface area (Å²) in [5, 5.41) is 16.1. The fourth-order valence-electron chi connectivity index (χ4n) is 2.24. The van der Waals surface area contributed by atoms with E-state index in [2.05, 4.69) is 38.4 Å². The fourth-order valence-corrected chi connectivity index (χ4v) is 2.99. The quantitative estimate of drug-likeness (QED) is 0.674. The number of benzene rings is 1. The van der Waals surface area contributed by atoms with Crippen LogP contribution in [0.25, 0.3) is 5.69 Å². The Morgan fingerprint density at radius 3 is 2.78 bits per heavy atom. The molecule has 0 radical (unpaired) electrons. The zero-order chi connectivity index (χ0) is 15.9. The van der Waals surface area contributed by atoms with E-state index in [1.54, 1.807) is 16.0 Å². The van der Waals surface area contributed by atoms with Gasteiger partial charge in [-0.05, 0) is 52.4 Å². The van der Waals surface area contributed by atoms with Gasteiger partial charge in [0.1, 0.15) is 6.33 Å². The molecule has 0 aliphatic rings. The molecule has 1 N–H and O–H groups in total. The Kier molecular flexibility index (Phi) is 5.10. The first-order valence-electron chi connectivity index (χ1n) is 7.42. The molecule has 0 bridgehead atoms. The number of rotatable bonds is 7. The molecule has 0 unspecified atom stereocenters. The predicted octanol–water partition coefficient (Wildman–Crippen LogP) is 2.02. The van der Waals surface area contributed by atoms with E-state index >= 15 is 0 Å². The third-order valence-corrected chi connectivity index (χ3v) is 4.35. The van der Waals surface area contributed by atoms with Crippen molar-refractivity contribution in [1.82, 2.24) is 25.5 Å². The first-order chi connectivity index (χ1) is 11.3. The zero-order valence-corrected chi connectivity index (χ0v) is 13.4. The van der Waals surface area contributed by atoms with Crippen LogP contribution in [0.3, 0.4) is 0 Å². The van der Waals surface area contributed by atoms with Gasteiger partial charge in [-0.3, -0.25) is 4.79 Å². The Morgan fingerprint density at radius 2 is 2.09 bits per heavy atom. The molecule has 118 valence electrons. The highest BCUT2D eigenvalue weighted by Crippen LogP contribution is 2.10. The third kappa shape index (κ3) is 4.46. The van der Waals surface area contributed by atoms with E-state index in [1.807, 2.05) is 24.3 Å². The van der Waals surface area contributed by atoms with E-state index in [0.717, 1.165) is 24.1 Å². The number of thiophene rings is 1. The summed E-state index contributed by atoms with van der Waals surface area (Å²) in [5.41, 5.74) is 1.84. The van der Waals surface area contributed by atoms with E-state index in [0.29, 0.717) is 13.0 Å². The normalized spacial score (nSPS) is 10.6. The number of carbonyl (C=O) groups excluding carboxylic acids is 1. The Hall–Kier alpha value is -2.54. The fraction of sp³-hybridized carbons (Fsp3) is 0.250. The van der Waals surface area contributed by atoms with Gasteiger partial charge in [0, 0.05) is 11.4 Å². The van der Waals surface area contributed by atoms with Crippen molar-refractivity contribution >= 4 is 17.2 Å². The molecular weight excluding hydrogens is 310 g/mol. The van der Waals surface area contributed by atoms with Gasteiger partial charge in [-0.15, -0.1) is 16.4 Å². The molecule has 7 heteroatoms. The number of amides is 1. The second-order valence-electron chi connectivity index (χ2n) is 5.13. The maximum atomic E-state index is 11.9. The lowest BCUT2D eigenvalue weighted by Crippen LogP contribution is -2.26. The van der Waals surface area contributed by atoms with Crippen LogP contribution in [-0.2, 0) is 17.6 Å². The number of nitrogens with one attached hydrogen (secondary N) is 1. The van der Waals surface area contributed by atoms with Crippen LogP contribution >= 0.6 is 11.3 Å². The molecule has 0 aliphatic heterocycles. The summed E-state index contributed by atoms with van der Waals surface area (Å²) in [7, 11) is 0. The van der Waals surface area contributed by atoms with Crippen molar-refractivity contribution in [3.05, 3.63) is 58.5 Å². The molecule has 0 atom stereocenters. The highest BCUT2D eigenvalue weighted by Gasteiger charge is 2.04. The number of carbonyl (C=O) groups is 1. The van der Waals surface area contributed by atoms with Crippen LogP contribution in [0, 0.1) is 0 Å². The lowest BCUT2D eigenvalue weighted by Gasteiger charge is -2.06. The number of hydrogen-bond acceptors (Lipinski definition) is 5. The van der Waals surface area contributed by atoms with Gasteiger partial charge < -0.3 is 5.32 Å². The van der Waals surface area contributed by atoms with Gasteiger partial charge in [-0.25, -0.2) is 4.68 Å². The van der Waals surface area contributed by atoms with Crippen LogP contribution in [0.15, 0.2) is 48.1 Å². The highest BCUT2D eigenvalue weighted by atomic mass is 32.1. The van der Waals surface area contributed by atoms with Gasteiger partial charge in [0.05, 0.1) is 12.1 Å². The zero-order valence-electron chi connectivity index (χ0n) is 12.6. The SMILES string of the molecule is O=C(Cc1ccc(-n2cnnn2)cc1)NCCCc1cccs1. The van der Waals surface area contributed by atoms with Crippen molar-refractivity contribution in [2.45, 2.75) is 19.3 Å². The number of aryl methyl sites for hydroxylation is 1. The molecule has 1 amide bonds. The number of hydrogen-bond donors (Lipinski definition) is 1. The summed E-state index contributed by atoms with van der Waals surface area (Å²) in [6, 6.07) is 11.8. The lowest BCUT2D eigenvalue weighted by molar-refractivity contribution is -0.120. The highest BCUT2D eigenvalue weighted by molar-refractivity contribution is 7.09. The molecule has 3 aromatic rings. The van der Waals surface area contributed by atoms with Crippen molar-refractivity contribution in [1.29, 1.82) is 0 Å². The second-order valence-corrected chi connectivity index (χ2v) is 6.16. The van der Waals surface area contributed by atoms with E-state index in [9.17, 15) is 4.79 Å². The van der Waals surface area contributed by atoms with Gasteiger partial charge in [0.25, 0.3) is 0 Å². The molecule has 0 saturated heterocycles. The Balaban J connectivity index is 1.42. The maximum Gasteiger partial charge on any atom is 0.224 e. The molecule has 23 heavy (non-hydrogen) atoms. The molecule has 0 aliphatic carbocycles. The largest absolute Gasteiger partial charge is 0.356 e. The standard InChI is InChI=1S/C16H17N5OS/c22-16(17-9-1-3-15-4-2-10-23-15)11-13-5-7-14(8-6-13)21-12-18-19-20-21/h2,4-8,10,12H,1,3,9,11H2,(H,17,22). The minimum absolute atomic E-state index is 0.0475.